The van der Waals surface area contributed by atoms with Gasteiger partial charge in [0.05, 0.1) is 17.5 Å². The van der Waals surface area contributed by atoms with Gasteiger partial charge in [0.2, 0.25) is 5.95 Å². The summed E-state index contributed by atoms with van der Waals surface area (Å²) in [6, 6.07) is 1.86. The summed E-state index contributed by atoms with van der Waals surface area (Å²) in [7, 11) is 0. The number of hydrogen-bond acceptors (Lipinski definition) is 7. The SMILES string of the molecule is CCN(CC)c1[nH]ncc1-c1csc(Nc2nccc(C)n2)n1. The van der Waals surface area contributed by atoms with Gasteiger partial charge in [0, 0.05) is 30.4 Å². The molecule has 3 rings (SSSR count). The molecule has 0 bridgehead atoms. The maximum Gasteiger partial charge on any atom is 0.229 e. The predicted octanol–water partition coefficient (Wildman–Crippen LogP) is 3.22. The summed E-state index contributed by atoms with van der Waals surface area (Å²) in [5.41, 5.74) is 2.81. The largest absolute Gasteiger partial charge is 0.357 e. The Morgan fingerprint density at radius 1 is 1.26 bits per heavy atom. The van der Waals surface area contributed by atoms with Gasteiger partial charge in [0.1, 0.15) is 5.82 Å². The standard InChI is InChI=1S/C15H19N7S/c1-4-22(5-2)13-11(8-17-21-13)12-9-23-15(19-12)20-14-16-7-6-10(3)18-14/h6-9H,4-5H2,1-3H3,(H,17,21)(H,16,18,19,20). The van der Waals surface area contributed by atoms with Crippen molar-refractivity contribution in [2.75, 3.05) is 23.3 Å². The molecule has 0 unspecified atom stereocenters. The number of hydrogen-bond donors (Lipinski definition) is 2. The van der Waals surface area contributed by atoms with Gasteiger partial charge in [-0.05, 0) is 26.8 Å². The van der Waals surface area contributed by atoms with Gasteiger partial charge < -0.3 is 10.2 Å². The Morgan fingerprint density at radius 3 is 2.83 bits per heavy atom. The number of anilines is 3. The number of rotatable bonds is 6. The smallest absolute Gasteiger partial charge is 0.229 e. The van der Waals surface area contributed by atoms with Crippen LogP contribution < -0.4 is 10.2 Å². The van der Waals surface area contributed by atoms with Crippen molar-refractivity contribution in [3.63, 3.8) is 0 Å². The highest BCUT2D eigenvalue weighted by atomic mass is 32.1. The highest BCUT2D eigenvalue weighted by molar-refractivity contribution is 7.14. The highest BCUT2D eigenvalue weighted by Crippen LogP contribution is 2.31. The molecule has 0 fully saturated rings. The molecule has 0 aromatic carbocycles. The van der Waals surface area contributed by atoms with Crippen molar-refractivity contribution in [2.24, 2.45) is 0 Å². The third-order valence-corrected chi connectivity index (χ3v) is 4.25. The van der Waals surface area contributed by atoms with Crippen LogP contribution in [-0.2, 0) is 0 Å². The summed E-state index contributed by atoms with van der Waals surface area (Å²) in [5.74, 6) is 1.56. The lowest BCUT2D eigenvalue weighted by molar-refractivity contribution is 0.840. The number of nitrogens with one attached hydrogen (secondary N) is 2. The van der Waals surface area contributed by atoms with E-state index < -0.39 is 0 Å². The maximum atomic E-state index is 4.63. The van der Waals surface area contributed by atoms with Crippen LogP contribution in [0.15, 0.2) is 23.8 Å². The van der Waals surface area contributed by atoms with Crippen molar-refractivity contribution < 1.29 is 0 Å². The molecule has 7 nitrogen and oxygen atoms in total. The minimum absolute atomic E-state index is 0.557. The van der Waals surface area contributed by atoms with Crippen LogP contribution in [0.2, 0.25) is 0 Å². The van der Waals surface area contributed by atoms with Gasteiger partial charge in [0.25, 0.3) is 0 Å². The summed E-state index contributed by atoms with van der Waals surface area (Å²) in [4.78, 5) is 15.4. The van der Waals surface area contributed by atoms with Crippen molar-refractivity contribution >= 4 is 28.2 Å². The zero-order valence-electron chi connectivity index (χ0n) is 13.4. The van der Waals surface area contributed by atoms with Crippen LogP contribution in [0.3, 0.4) is 0 Å². The van der Waals surface area contributed by atoms with Gasteiger partial charge >= 0.3 is 0 Å². The molecule has 8 heteroatoms. The normalized spacial score (nSPS) is 10.7. The number of H-pyrrole nitrogens is 1. The summed E-state index contributed by atoms with van der Waals surface area (Å²) < 4.78 is 0. The number of aromatic nitrogens is 5. The van der Waals surface area contributed by atoms with Crippen LogP contribution in [0.1, 0.15) is 19.5 Å². The van der Waals surface area contributed by atoms with Crippen LogP contribution >= 0.6 is 11.3 Å². The average Bonchev–Trinajstić information content (AvgIpc) is 3.18. The fraction of sp³-hybridized carbons (Fsp3) is 0.333. The second kappa shape index (κ2) is 6.74. The molecule has 3 heterocycles. The highest BCUT2D eigenvalue weighted by Gasteiger charge is 2.15. The van der Waals surface area contributed by atoms with E-state index in [0.717, 1.165) is 41.0 Å². The molecular formula is C15H19N7S. The van der Waals surface area contributed by atoms with E-state index in [-0.39, 0.29) is 0 Å². The molecule has 0 saturated heterocycles. The molecular weight excluding hydrogens is 310 g/mol. The average molecular weight is 329 g/mol. The number of nitrogens with zero attached hydrogens (tertiary/aromatic N) is 5. The number of aryl methyl sites for hydroxylation is 1. The van der Waals surface area contributed by atoms with Crippen molar-refractivity contribution in [1.82, 2.24) is 25.1 Å². The minimum atomic E-state index is 0.557. The van der Waals surface area contributed by atoms with Gasteiger partial charge in [-0.25, -0.2) is 15.0 Å². The van der Waals surface area contributed by atoms with Gasteiger partial charge in [0.15, 0.2) is 5.13 Å². The molecule has 0 atom stereocenters. The Bertz CT molecular complexity index is 775. The van der Waals surface area contributed by atoms with Crippen LogP contribution in [0.4, 0.5) is 16.9 Å². The number of thiazole rings is 1. The van der Waals surface area contributed by atoms with E-state index in [2.05, 4.69) is 49.2 Å². The fourth-order valence-electron chi connectivity index (χ4n) is 2.31. The molecule has 0 amide bonds. The first-order valence-corrected chi connectivity index (χ1v) is 8.40. The second-order valence-corrected chi connectivity index (χ2v) is 5.85. The van der Waals surface area contributed by atoms with E-state index in [1.165, 1.54) is 11.3 Å². The van der Waals surface area contributed by atoms with Crippen molar-refractivity contribution in [3.05, 3.63) is 29.5 Å². The van der Waals surface area contributed by atoms with E-state index in [1.807, 2.05) is 24.6 Å². The zero-order chi connectivity index (χ0) is 16.2. The zero-order valence-corrected chi connectivity index (χ0v) is 14.2. The van der Waals surface area contributed by atoms with Crippen LogP contribution in [-0.4, -0.2) is 38.2 Å². The molecule has 0 aliphatic heterocycles. The molecule has 2 N–H and O–H groups in total. The molecule has 0 spiro atoms. The molecule has 3 aromatic rings. The quantitative estimate of drug-likeness (QED) is 0.722. The Hall–Kier alpha value is -2.48. The van der Waals surface area contributed by atoms with E-state index in [1.54, 1.807) is 6.20 Å². The van der Waals surface area contributed by atoms with E-state index >= 15 is 0 Å². The third-order valence-electron chi connectivity index (χ3n) is 3.49. The summed E-state index contributed by atoms with van der Waals surface area (Å²) in [6.07, 6.45) is 3.55. The lowest BCUT2D eigenvalue weighted by atomic mass is 10.2. The second-order valence-electron chi connectivity index (χ2n) is 4.99. The molecule has 3 aromatic heterocycles. The first-order chi connectivity index (χ1) is 11.2. The van der Waals surface area contributed by atoms with Crippen LogP contribution in [0.5, 0.6) is 0 Å². The van der Waals surface area contributed by atoms with Crippen molar-refractivity contribution in [2.45, 2.75) is 20.8 Å². The van der Waals surface area contributed by atoms with Crippen LogP contribution in [0, 0.1) is 6.92 Å². The van der Waals surface area contributed by atoms with Crippen LogP contribution in [0.25, 0.3) is 11.3 Å². The van der Waals surface area contributed by atoms with E-state index in [4.69, 9.17) is 0 Å². The molecule has 23 heavy (non-hydrogen) atoms. The maximum absolute atomic E-state index is 4.63. The molecule has 0 aliphatic rings. The summed E-state index contributed by atoms with van der Waals surface area (Å²) in [6.45, 7) is 8.01. The van der Waals surface area contributed by atoms with Gasteiger partial charge in [-0.2, -0.15) is 5.10 Å². The Morgan fingerprint density at radius 2 is 2.09 bits per heavy atom. The van der Waals surface area contributed by atoms with Gasteiger partial charge in [-0.1, -0.05) is 0 Å². The number of aromatic amines is 1. The Labute approximate surface area is 138 Å². The summed E-state index contributed by atoms with van der Waals surface area (Å²) >= 11 is 1.52. The monoisotopic (exact) mass is 329 g/mol. The van der Waals surface area contributed by atoms with Gasteiger partial charge in [-0.3, -0.25) is 5.10 Å². The molecule has 0 saturated carbocycles. The Kier molecular flexibility index (Phi) is 4.52. The molecule has 0 aliphatic carbocycles. The third kappa shape index (κ3) is 3.31. The molecule has 120 valence electrons. The summed E-state index contributed by atoms with van der Waals surface area (Å²) in [5, 5.41) is 13.2. The lowest BCUT2D eigenvalue weighted by Crippen LogP contribution is -2.22. The Balaban J connectivity index is 1.84. The fourth-order valence-corrected chi connectivity index (χ4v) is 3.01. The minimum Gasteiger partial charge on any atom is -0.357 e. The first kappa shape index (κ1) is 15.4. The lowest BCUT2D eigenvalue weighted by Gasteiger charge is -2.19. The predicted molar refractivity (Wildman–Crippen MR) is 93.3 cm³/mol. The van der Waals surface area contributed by atoms with Gasteiger partial charge in [-0.15, -0.1) is 11.3 Å². The van der Waals surface area contributed by atoms with E-state index in [0.29, 0.717) is 5.95 Å². The topological polar surface area (TPSA) is 82.6 Å². The van der Waals surface area contributed by atoms with Crippen molar-refractivity contribution in [3.8, 4) is 11.3 Å². The first-order valence-electron chi connectivity index (χ1n) is 7.52. The van der Waals surface area contributed by atoms with Crippen molar-refractivity contribution in [1.29, 1.82) is 0 Å². The molecule has 0 radical (unpaired) electrons. The van der Waals surface area contributed by atoms with E-state index in [9.17, 15) is 0 Å².